The van der Waals surface area contributed by atoms with E-state index in [9.17, 15) is 24.9 Å². The zero-order chi connectivity index (χ0) is 33.7. The van der Waals surface area contributed by atoms with Gasteiger partial charge in [-0.1, -0.05) is 42.0 Å². The molecule has 0 bridgehead atoms. The highest BCUT2D eigenvalue weighted by atomic mass is 127. The summed E-state index contributed by atoms with van der Waals surface area (Å²) in [6.45, 7) is 1.62. The van der Waals surface area contributed by atoms with Crippen LogP contribution in [0.25, 0.3) is 11.0 Å². The summed E-state index contributed by atoms with van der Waals surface area (Å²) in [4.78, 5) is 29.2. The Hall–Kier alpha value is -4.11. The van der Waals surface area contributed by atoms with Gasteiger partial charge in [-0.3, -0.25) is 9.59 Å². The molecule has 47 heavy (non-hydrogen) atoms. The minimum absolute atomic E-state index is 0.00286. The third-order valence-electron chi connectivity index (χ3n) is 8.01. The molecule has 12 heteroatoms. The second-order valence-electron chi connectivity index (χ2n) is 11.2. The molecule has 0 saturated heterocycles. The smallest absolute Gasteiger partial charge is 0.290 e. The minimum Gasteiger partial charge on any atom is -0.493 e. The zero-order valence-corrected chi connectivity index (χ0v) is 28.4. The van der Waals surface area contributed by atoms with Gasteiger partial charge in [-0.2, -0.15) is 0 Å². The van der Waals surface area contributed by atoms with E-state index in [1.807, 2.05) is 37.3 Å². The lowest BCUT2D eigenvalue weighted by Crippen LogP contribution is -2.54. The Morgan fingerprint density at radius 3 is 2.45 bits per heavy atom. The molecule has 1 aromatic heterocycles. The molecule has 4 N–H and O–H groups in total. The molecule has 0 fully saturated rings. The van der Waals surface area contributed by atoms with Gasteiger partial charge in [0.2, 0.25) is 5.91 Å². The minimum atomic E-state index is -1.30. The van der Waals surface area contributed by atoms with Gasteiger partial charge in [0, 0.05) is 30.5 Å². The third-order valence-corrected chi connectivity index (χ3v) is 8.81. The topological polar surface area (TPSA) is 151 Å². The van der Waals surface area contributed by atoms with Gasteiger partial charge in [0.25, 0.3) is 5.91 Å². The van der Waals surface area contributed by atoms with Gasteiger partial charge in [-0.05, 0) is 71.0 Å². The highest BCUT2D eigenvalue weighted by Gasteiger charge is 2.42. The summed E-state index contributed by atoms with van der Waals surface area (Å²) in [5, 5.41) is 34.3. The number of fused-ring (bicyclic) bond motifs is 1. The fourth-order valence-electron chi connectivity index (χ4n) is 5.57. The highest BCUT2D eigenvalue weighted by molar-refractivity contribution is 14.1. The molecule has 1 aliphatic carbocycles. The average Bonchev–Trinajstić information content (AvgIpc) is 3.53. The molecule has 3 atom stereocenters. The van der Waals surface area contributed by atoms with Crippen molar-refractivity contribution in [2.24, 2.45) is 0 Å². The summed E-state index contributed by atoms with van der Waals surface area (Å²) >= 11 is 2.05. The standard InChI is InChI=1S/C35H37IN2O9/c1-20-7-9-21(10-8-20)18-38(35(43)30-16-23-5-4-6-27(44-2)32(23)47-30)26-15-24(34(42)37-11-12-39)17-28(31(26)41)46-33-25(36)13-22(19-40)14-29(33)45-3/h4-10,13-14,16-17,26,28,31,39-41H,11-12,15,18-19H2,1-3H3,(H,37,42)/t26-,28+,31+/m1/s1. The number of hydrogen-bond acceptors (Lipinski definition) is 9. The fraction of sp³-hybridized carbons (Fsp3) is 0.314. The van der Waals surface area contributed by atoms with Crippen molar-refractivity contribution in [3.05, 3.63) is 98.3 Å². The lowest BCUT2D eigenvalue weighted by Gasteiger charge is -2.40. The molecule has 0 saturated carbocycles. The van der Waals surface area contributed by atoms with Crippen molar-refractivity contribution in [1.82, 2.24) is 10.2 Å². The number of amides is 2. The number of para-hydroxylation sites is 1. The number of hydrogen-bond donors (Lipinski definition) is 4. The van der Waals surface area contributed by atoms with E-state index in [0.29, 0.717) is 37.4 Å². The quantitative estimate of drug-likeness (QED) is 0.157. The first-order chi connectivity index (χ1) is 22.7. The molecule has 1 heterocycles. The van der Waals surface area contributed by atoms with Gasteiger partial charge < -0.3 is 44.2 Å². The van der Waals surface area contributed by atoms with E-state index in [0.717, 1.165) is 11.1 Å². The highest BCUT2D eigenvalue weighted by Crippen LogP contribution is 2.38. The Morgan fingerprint density at radius 1 is 1.02 bits per heavy atom. The van der Waals surface area contributed by atoms with Crippen molar-refractivity contribution in [2.45, 2.75) is 44.7 Å². The normalized spacial score (nSPS) is 17.6. The molecule has 0 radical (unpaired) electrons. The maximum absolute atomic E-state index is 14.4. The van der Waals surface area contributed by atoms with E-state index < -0.39 is 30.1 Å². The van der Waals surface area contributed by atoms with E-state index in [1.54, 1.807) is 30.3 Å². The van der Waals surface area contributed by atoms with E-state index in [1.165, 1.54) is 25.2 Å². The molecule has 0 spiro atoms. The van der Waals surface area contributed by atoms with Crippen LogP contribution in [0.4, 0.5) is 0 Å². The van der Waals surface area contributed by atoms with Crippen LogP contribution in [0.2, 0.25) is 0 Å². The van der Waals surface area contributed by atoms with E-state index in [4.69, 9.17) is 18.6 Å². The maximum atomic E-state index is 14.4. The Bertz CT molecular complexity index is 1770. The van der Waals surface area contributed by atoms with Crippen molar-refractivity contribution in [2.75, 3.05) is 27.4 Å². The first kappa shape index (κ1) is 34.2. The summed E-state index contributed by atoms with van der Waals surface area (Å²) in [5.41, 5.74) is 3.14. The Balaban J connectivity index is 1.58. The van der Waals surface area contributed by atoms with Gasteiger partial charge in [0.05, 0.1) is 37.0 Å². The van der Waals surface area contributed by atoms with Crippen molar-refractivity contribution in [3.63, 3.8) is 0 Å². The zero-order valence-electron chi connectivity index (χ0n) is 26.2. The lowest BCUT2D eigenvalue weighted by molar-refractivity contribution is -0.118. The van der Waals surface area contributed by atoms with Crippen LogP contribution in [-0.4, -0.2) is 77.7 Å². The molecular weight excluding hydrogens is 719 g/mol. The number of aliphatic hydroxyl groups excluding tert-OH is 3. The summed E-state index contributed by atoms with van der Waals surface area (Å²) in [7, 11) is 2.98. The number of carbonyl (C=O) groups excluding carboxylic acids is 2. The number of nitrogens with zero attached hydrogens (tertiary/aromatic N) is 1. The molecule has 0 aliphatic heterocycles. The molecule has 0 unspecified atom stereocenters. The predicted molar refractivity (Wildman–Crippen MR) is 182 cm³/mol. The van der Waals surface area contributed by atoms with Crippen LogP contribution in [0.5, 0.6) is 17.2 Å². The van der Waals surface area contributed by atoms with Crippen LogP contribution in [0.1, 0.15) is 33.7 Å². The third kappa shape index (κ3) is 7.56. The molecule has 5 rings (SSSR count). The van der Waals surface area contributed by atoms with Crippen LogP contribution < -0.4 is 19.5 Å². The van der Waals surface area contributed by atoms with Gasteiger partial charge in [0.15, 0.2) is 28.6 Å². The summed E-state index contributed by atoms with van der Waals surface area (Å²) < 4.78 is 24.0. The van der Waals surface area contributed by atoms with E-state index in [2.05, 4.69) is 27.9 Å². The van der Waals surface area contributed by atoms with Crippen LogP contribution >= 0.6 is 22.6 Å². The summed E-state index contributed by atoms with van der Waals surface area (Å²) in [5.74, 6) is 0.194. The largest absolute Gasteiger partial charge is 0.493 e. The number of ether oxygens (including phenoxy) is 3. The molecule has 1 aliphatic rings. The Labute approximate surface area is 285 Å². The van der Waals surface area contributed by atoms with Crippen LogP contribution in [0, 0.1) is 10.5 Å². The van der Waals surface area contributed by atoms with Gasteiger partial charge >= 0.3 is 0 Å². The number of aryl methyl sites for hydroxylation is 1. The van der Waals surface area contributed by atoms with Crippen LogP contribution in [0.3, 0.4) is 0 Å². The summed E-state index contributed by atoms with van der Waals surface area (Å²) in [6.07, 6.45) is -0.855. The lowest BCUT2D eigenvalue weighted by atomic mass is 9.87. The second-order valence-corrected chi connectivity index (χ2v) is 12.4. The van der Waals surface area contributed by atoms with Gasteiger partial charge in [-0.15, -0.1) is 0 Å². The van der Waals surface area contributed by atoms with E-state index in [-0.39, 0.29) is 44.1 Å². The number of furan rings is 1. The van der Waals surface area contributed by atoms with Crippen LogP contribution in [0.15, 0.2) is 76.7 Å². The molecule has 4 aromatic rings. The number of methoxy groups -OCH3 is 2. The average molecular weight is 757 g/mol. The van der Waals surface area contributed by atoms with Crippen molar-refractivity contribution in [3.8, 4) is 17.2 Å². The summed E-state index contributed by atoms with van der Waals surface area (Å²) in [6, 6.07) is 17.1. The first-order valence-corrected chi connectivity index (χ1v) is 16.1. The van der Waals surface area contributed by atoms with Gasteiger partial charge in [0.1, 0.15) is 12.2 Å². The molecule has 248 valence electrons. The molecular formula is C35H37IN2O9. The number of benzene rings is 3. The van der Waals surface area contributed by atoms with Crippen LogP contribution in [-0.2, 0) is 17.9 Å². The van der Waals surface area contributed by atoms with Crippen molar-refractivity contribution < 1.29 is 43.5 Å². The number of rotatable bonds is 12. The number of aliphatic hydroxyl groups is 3. The molecule has 11 nitrogen and oxygen atoms in total. The fourth-order valence-corrected chi connectivity index (χ4v) is 6.36. The Kier molecular flexibility index (Phi) is 11.1. The van der Waals surface area contributed by atoms with Crippen molar-refractivity contribution >= 4 is 45.4 Å². The van der Waals surface area contributed by atoms with Gasteiger partial charge in [-0.25, -0.2) is 0 Å². The maximum Gasteiger partial charge on any atom is 0.290 e. The number of nitrogens with one attached hydrogen (secondary N) is 1. The molecule has 2 amide bonds. The SMILES string of the molecule is COc1cc(CO)cc(I)c1O[C@H]1C=C(C(=O)NCCO)C[C@@H](N(Cc2ccc(C)cc2)C(=O)c2cc3cccc(OC)c3o2)[C@@H]1O. The number of halogens is 1. The van der Waals surface area contributed by atoms with Crippen molar-refractivity contribution in [1.29, 1.82) is 0 Å². The monoisotopic (exact) mass is 756 g/mol. The first-order valence-electron chi connectivity index (χ1n) is 15.0. The Morgan fingerprint density at radius 2 is 1.77 bits per heavy atom. The number of carbonyl (C=O) groups is 2. The molecule has 3 aromatic carbocycles. The van der Waals surface area contributed by atoms with E-state index >= 15 is 0 Å². The predicted octanol–water partition coefficient (Wildman–Crippen LogP) is 4.11. The second kappa shape index (κ2) is 15.2.